The van der Waals surface area contributed by atoms with E-state index in [-0.39, 0.29) is 6.10 Å². The fourth-order valence-electron chi connectivity index (χ4n) is 2.22. The first-order chi connectivity index (χ1) is 8.92. The molecule has 0 aliphatic heterocycles. The van der Waals surface area contributed by atoms with Gasteiger partial charge in [0.25, 0.3) is 0 Å². The molecule has 0 aromatic carbocycles. The maximum atomic E-state index is 11.1. The Hall–Kier alpha value is -1.49. The van der Waals surface area contributed by atoms with Gasteiger partial charge in [-0.3, -0.25) is 4.79 Å². The van der Waals surface area contributed by atoms with Crippen LogP contribution in [0.3, 0.4) is 0 Å². The summed E-state index contributed by atoms with van der Waals surface area (Å²) in [5.41, 5.74) is 2.13. The molecule has 0 amide bonds. The maximum Gasteiger partial charge on any atom is 0.310 e. The summed E-state index contributed by atoms with van der Waals surface area (Å²) in [5, 5.41) is 9.11. The van der Waals surface area contributed by atoms with E-state index in [1.807, 2.05) is 27.7 Å². The van der Waals surface area contributed by atoms with Crippen molar-refractivity contribution in [2.24, 2.45) is 0 Å². The standard InChI is InChI=1S/C14H22N2O3/c1-6-11(19-7-2)13-15-9(4)12(10(5)16-13)8(3)14(17)18/h8,11H,6-7H2,1-5H3,(H,17,18). The van der Waals surface area contributed by atoms with Crippen molar-refractivity contribution in [3.8, 4) is 0 Å². The number of nitrogens with zero attached hydrogens (tertiary/aromatic N) is 2. The van der Waals surface area contributed by atoms with Crippen molar-refractivity contribution in [1.82, 2.24) is 9.97 Å². The van der Waals surface area contributed by atoms with Gasteiger partial charge >= 0.3 is 5.97 Å². The van der Waals surface area contributed by atoms with Crippen molar-refractivity contribution in [2.75, 3.05) is 6.61 Å². The summed E-state index contributed by atoms with van der Waals surface area (Å²) >= 11 is 0. The quantitative estimate of drug-likeness (QED) is 0.857. The van der Waals surface area contributed by atoms with Crippen LogP contribution >= 0.6 is 0 Å². The number of carboxylic acid groups (broad SMARTS) is 1. The highest BCUT2D eigenvalue weighted by Gasteiger charge is 2.22. The van der Waals surface area contributed by atoms with Crippen LogP contribution in [-0.2, 0) is 9.53 Å². The number of aryl methyl sites for hydroxylation is 2. The topological polar surface area (TPSA) is 72.3 Å². The molecule has 5 nitrogen and oxygen atoms in total. The zero-order chi connectivity index (χ0) is 14.6. The lowest BCUT2D eigenvalue weighted by Gasteiger charge is -2.18. The molecule has 1 N–H and O–H groups in total. The van der Waals surface area contributed by atoms with E-state index in [0.717, 1.165) is 17.8 Å². The van der Waals surface area contributed by atoms with E-state index in [1.165, 1.54) is 0 Å². The molecule has 0 fully saturated rings. The molecular weight excluding hydrogens is 244 g/mol. The zero-order valence-electron chi connectivity index (χ0n) is 12.2. The Balaban J connectivity index is 3.19. The molecule has 0 bridgehead atoms. The van der Waals surface area contributed by atoms with Crippen LogP contribution < -0.4 is 0 Å². The smallest absolute Gasteiger partial charge is 0.310 e. The summed E-state index contributed by atoms with van der Waals surface area (Å²) in [6.07, 6.45) is 0.664. The predicted octanol–water partition coefficient (Wildman–Crippen LogP) is 2.77. The van der Waals surface area contributed by atoms with E-state index in [9.17, 15) is 4.79 Å². The number of hydrogen-bond acceptors (Lipinski definition) is 4. The van der Waals surface area contributed by atoms with Crippen LogP contribution in [-0.4, -0.2) is 27.7 Å². The van der Waals surface area contributed by atoms with E-state index in [2.05, 4.69) is 9.97 Å². The van der Waals surface area contributed by atoms with Crippen LogP contribution in [0.2, 0.25) is 0 Å². The second kappa shape index (κ2) is 6.61. The van der Waals surface area contributed by atoms with Crippen LogP contribution in [0.5, 0.6) is 0 Å². The summed E-state index contributed by atoms with van der Waals surface area (Å²) in [6, 6.07) is 0. The number of ether oxygens (including phenoxy) is 1. The largest absolute Gasteiger partial charge is 0.481 e. The zero-order valence-corrected chi connectivity index (χ0v) is 12.2. The third kappa shape index (κ3) is 3.50. The minimum Gasteiger partial charge on any atom is -0.481 e. The normalized spacial score (nSPS) is 14.2. The molecule has 5 heteroatoms. The number of hydrogen-bond donors (Lipinski definition) is 1. The van der Waals surface area contributed by atoms with Gasteiger partial charge in [-0.05, 0) is 34.1 Å². The molecule has 0 aliphatic rings. The highest BCUT2D eigenvalue weighted by atomic mass is 16.5. The first-order valence-electron chi connectivity index (χ1n) is 6.61. The van der Waals surface area contributed by atoms with Gasteiger partial charge in [-0.2, -0.15) is 0 Å². The summed E-state index contributed by atoms with van der Waals surface area (Å²) in [6.45, 7) is 9.86. The molecule has 106 valence electrons. The van der Waals surface area contributed by atoms with Crippen LogP contribution in [0.25, 0.3) is 0 Å². The number of rotatable bonds is 6. The lowest BCUT2D eigenvalue weighted by atomic mass is 9.98. The number of aromatic nitrogens is 2. The molecule has 1 heterocycles. The minimum absolute atomic E-state index is 0.128. The Morgan fingerprint density at radius 2 is 1.79 bits per heavy atom. The molecule has 1 aromatic heterocycles. The van der Waals surface area contributed by atoms with Gasteiger partial charge in [-0.1, -0.05) is 6.92 Å². The van der Waals surface area contributed by atoms with Gasteiger partial charge < -0.3 is 9.84 Å². The maximum absolute atomic E-state index is 11.1. The average Bonchev–Trinajstić information content (AvgIpc) is 2.34. The van der Waals surface area contributed by atoms with Gasteiger partial charge in [-0.25, -0.2) is 9.97 Å². The molecule has 19 heavy (non-hydrogen) atoms. The Morgan fingerprint density at radius 3 is 2.16 bits per heavy atom. The van der Waals surface area contributed by atoms with Crippen molar-refractivity contribution in [2.45, 2.75) is 53.1 Å². The van der Waals surface area contributed by atoms with Crippen molar-refractivity contribution < 1.29 is 14.6 Å². The van der Waals surface area contributed by atoms with Gasteiger partial charge in [0.15, 0.2) is 5.82 Å². The van der Waals surface area contributed by atoms with Gasteiger partial charge in [0.1, 0.15) is 6.10 Å². The second-order valence-corrected chi connectivity index (χ2v) is 4.58. The molecular formula is C14H22N2O3. The van der Waals surface area contributed by atoms with Gasteiger partial charge in [-0.15, -0.1) is 0 Å². The van der Waals surface area contributed by atoms with Crippen molar-refractivity contribution in [3.63, 3.8) is 0 Å². The molecule has 0 spiro atoms. The molecule has 2 atom stereocenters. The van der Waals surface area contributed by atoms with Gasteiger partial charge in [0.2, 0.25) is 0 Å². The van der Waals surface area contributed by atoms with Crippen molar-refractivity contribution >= 4 is 5.97 Å². The molecule has 0 saturated carbocycles. The lowest BCUT2D eigenvalue weighted by Crippen LogP contribution is -2.16. The predicted molar refractivity (Wildman–Crippen MR) is 72.2 cm³/mol. The molecule has 1 rings (SSSR count). The van der Waals surface area contributed by atoms with Crippen molar-refractivity contribution in [3.05, 3.63) is 22.8 Å². The SMILES string of the molecule is CCOC(CC)c1nc(C)c(C(C)C(=O)O)c(C)n1. The second-order valence-electron chi connectivity index (χ2n) is 4.58. The van der Waals surface area contributed by atoms with Crippen LogP contribution in [0.4, 0.5) is 0 Å². The number of carboxylic acids is 1. The summed E-state index contributed by atoms with van der Waals surface area (Å²) < 4.78 is 5.59. The number of aliphatic carboxylic acids is 1. The van der Waals surface area contributed by atoms with Gasteiger partial charge in [0, 0.05) is 23.6 Å². The lowest BCUT2D eigenvalue weighted by molar-refractivity contribution is -0.138. The van der Waals surface area contributed by atoms with E-state index in [1.54, 1.807) is 6.92 Å². The fraction of sp³-hybridized carbons (Fsp3) is 0.643. The number of carbonyl (C=O) groups is 1. The fourth-order valence-corrected chi connectivity index (χ4v) is 2.22. The van der Waals surface area contributed by atoms with Crippen LogP contribution in [0.1, 0.15) is 62.0 Å². The Bertz CT molecular complexity index is 437. The highest BCUT2D eigenvalue weighted by Crippen LogP contribution is 2.25. The van der Waals surface area contributed by atoms with Crippen molar-refractivity contribution in [1.29, 1.82) is 0 Å². The first kappa shape index (κ1) is 15.6. The van der Waals surface area contributed by atoms with E-state index in [4.69, 9.17) is 9.84 Å². The highest BCUT2D eigenvalue weighted by molar-refractivity contribution is 5.76. The average molecular weight is 266 g/mol. The molecule has 2 unspecified atom stereocenters. The van der Waals surface area contributed by atoms with E-state index >= 15 is 0 Å². The summed E-state index contributed by atoms with van der Waals surface area (Å²) in [5.74, 6) is -0.818. The van der Waals surface area contributed by atoms with Crippen LogP contribution in [0.15, 0.2) is 0 Å². The van der Waals surface area contributed by atoms with E-state index < -0.39 is 11.9 Å². The van der Waals surface area contributed by atoms with Crippen LogP contribution in [0, 0.1) is 13.8 Å². The Morgan fingerprint density at radius 1 is 1.26 bits per heavy atom. The molecule has 1 aromatic rings. The monoisotopic (exact) mass is 266 g/mol. The summed E-state index contributed by atoms with van der Waals surface area (Å²) in [4.78, 5) is 20.0. The molecule has 0 radical (unpaired) electrons. The molecule has 0 aliphatic carbocycles. The Labute approximate surface area is 114 Å². The third-order valence-electron chi connectivity index (χ3n) is 3.17. The van der Waals surface area contributed by atoms with Gasteiger partial charge in [0.05, 0.1) is 5.92 Å². The van der Waals surface area contributed by atoms with E-state index in [0.29, 0.717) is 18.0 Å². The Kier molecular flexibility index (Phi) is 5.42. The minimum atomic E-state index is -0.862. The third-order valence-corrected chi connectivity index (χ3v) is 3.17. The molecule has 0 saturated heterocycles. The first-order valence-corrected chi connectivity index (χ1v) is 6.61. The summed E-state index contributed by atoms with van der Waals surface area (Å²) in [7, 11) is 0.